The SMILES string of the molecule is CCC(CC)COC(=O)c1c(N)n(-c2cccc(C(C)=O)c2)c2nc3ccccc3nc12. The van der Waals surface area contributed by atoms with E-state index in [2.05, 4.69) is 13.8 Å². The van der Waals surface area contributed by atoms with Gasteiger partial charge >= 0.3 is 5.97 Å². The predicted molar refractivity (Wildman–Crippen MR) is 125 cm³/mol. The Hall–Kier alpha value is -3.74. The number of hydrogen-bond donors (Lipinski definition) is 1. The van der Waals surface area contributed by atoms with Crippen molar-refractivity contribution >= 4 is 39.8 Å². The number of fused-ring (bicyclic) bond motifs is 2. The number of rotatable bonds is 7. The molecular weight excluding hydrogens is 404 g/mol. The van der Waals surface area contributed by atoms with Crippen LogP contribution in [0.3, 0.4) is 0 Å². The van der Waals surface area contributed by atoms with Crippen LogP contribution in [0.4, 0.5) is 5.82 Å². The Morgan fingerprint density at radius 2 is 1.72 bits per heavy atom. The fraction of sp³-hybridized carbons (Fsp3) is 0.280. The van der Waals surface area contributed by atoms with Gasteiger partial charge in [0.15, 0.2) is 11.4 Å². The van der Waals surface area contributed by atoms with Crippen molar-refractivity contribution < 1.29 is 14.3 Å². The molecular formula is C25H26N4O3. The maximum Gasteiger partial charge on any atom is 0.344 e. The highest BCUT2D eigenvalue weighted by atomic mass is 16.5. The number of esters is 1. The summed E-state index contributed by atoms with van der Waals surface area (Å²) in [6.45, 7) is 5.97. The number of carbonyl (C=O) groups excluding carboxylic acids is 2. The first-order valence-corrected chi connectivity index (χ1v) is 10.8. The van der Waals surface area contributed by atoms with Crippen molar-refractivity contribution in [1.82, 2.24) is 14.5 Å². The highest BCUT2D eigenvalue weighted by Gasteiger charge is 2.26. The molecule has 0 aliphatic rings. The summed E-state index contributed by atoms with van der Waals surface area (Å²) in [6, 6.07) is 14.5. The third kappa shape index (κ3) is 3.82. The van der Waals surface area contributed by atoms with Gasteiger partial charge in [0.05, 0.1) is 17.6 Å². The number of nitrogens with two attached hydrogens (primary N) is 1. The Balaban J connectivity index is 1.93. The van der Waals surface area contributed by atoms with Gasteiger partial charge in [-0.25, -0.2) is 14.8 Å². The van der Waals surface area contributed by atoms with Crippen LogP contribution in [-0.4, -0.2) is 32.9 Å². The zero-order chi connectivity index (χ0) is 22.8. The number of anilines is 1. The maximum atomic E-state index is 13.1. The van der Waals surface area contributed by atoms with Gasteiger partial charge in [-0.15, -0.1) is 0 Å². The van der Waals surface area contributed by atoms with Crippen molar-refractivity contribution in [1.29, 1.82) is 0 Å². The number of carbonyl (C=O) groups is 2. The van der Waals surface area contributed by atoms with E-state index in [9.17, 15) is 9.59 Å². The molecule has 4 rings (SSSR count). The third-order valence-electron chi connectivity index (χ3n) is 5.82. The molecule has 7 nitrogen and oxygen atoms in total. The van der Waals surface area contributed by atoms with Crippen LogP contribution in [0.5, 0.6) is 0 Å². The topological polar surface area (TPSA) is 100 Å². The summed E-state index contributed by atoms with van der Waals surface area (Å²) in [5, 5.41) is 0. The Morgan fingerprint density at radius 1 is 1.03 bits per heavy atom. The molecule has 2 N–H and O–H groups in total. The van der Waals surface area contributed by atoms with Gasteiger partial charge in [0, 0.05) is 11.3 Å². The van der Waals surface area contributed by atoms with Crippen molar-refractivity contribution in [3.8, 4) is 5.69 Å². The molecule has 2 aromatic carbocycles. The van der Waals surface area contributed by atoms with E-state index in [0.717, 1.165) is 12.8 Å². The Bertz CT molecular complexity index is 1320. The lowest BCUT2D eigenvalue weighted by Crippen LogP contribution is -2.15. The molecule has 0 amide bonds. The monoisotopic (exact) mass is 430 g/mol. The van der Waals surface area contributed by atoms with Crippen LogP contribution in [-0.2, 0) is 4.74 Å². The highest BCUT2D eigenvalue weighted by molar-refractivity contribution is 6.09. The van der Waals surface area contributed by atoms with Gasteiger partial charge in [-0.05, 0) is 37.1 Å². The molecule has 0 saturated heterocycles. The van der Waals surface area contributed by atoms with Gasteiger partial charge in [-0.3, -0.25) is 9.36 Å². The molecule has 0 spiro atoms. The lowest BCUT2D eigenvalue weighted by molar-refractivity contribution is 0.0436. The number of nitrogen functional groups attached to an aromatic ring is 1. The van der Waals surface area contributed by atoms with Crippen LogP contribution in [0.1, 0.15) is 54.3 Å². The maximum absolute atomic E-state index is 13.1. The summed E-state index contributed by atoms with van der Waals surface area (Å²) >= 11 is 0. The molecule has 0 aliphatic carbocycles. The molecule has 4 aromatic rings. The number of ether oxygens (including phenoxy) is 1. The molecule has 32 heavy (non-hydrogen) atoms. The summed E-state index contributed by atoms with van der Waals surface area (Å²) in [5.74, 6) is -0.119. The zero-order valence-electron chi connectivity index (χ0n) is 18.5. The van der Waals surface area contributed by atoms with Crippen LogP contribution in [0, 0.1) is 5.92 Å². The Kier molecular flexibility index (Phi) is 5.90. The third-order valence-corrected chi connectivity index (χ3v) is 5.82. The van der Waals surface area contributed by atoms with Gasteiger partial charge in [0.25, 0.3) is 0 Å². The van der Waals surface area contributed by atoms with Crippen LogP contribution in [0.15, 0.2) is 48.5 Å². The second-order valence-electron chi connectivity index (χ2n) is 7.87. The minimum absolute atomic E-state index is 0.0665. The van der Waals surface area contributed by atoms with Crippen LogP contribution in [0.2, 0.25) is 0 Å². The fourth-order valence-electron chi connectivity index (χ4n) is 3.78. The summed E-state index contributed by atoms with van der Waals surface area (Å²) in [7, 11) is 0. The normalized spacial score (nSPS) is 11.4. The van der Waals surface area contributed by atoms with E-state index in [4.69, 9.17) is 20.4 Å². The lowest BCUT2D eigenvalue weighted by Gasteiger charge is -2.12. The number of aromatic nitrogens is 3. The number of hydrogen-bond acceptors (Lipinski definition) is 6. The molecule has 0 radical (unpaired) electrons. The highest BCUT2D eigenvalue weighted by Crippen LogP contribution is 2.32. The van der Waals surface area contributed by atoms with Crippen molar-refractivity contribution in [3.05, 3.63) is 59.7 Å². The molecule has 0 fully saturated rings. The molecule has 0 atom stereocenters. The van der Waals surface area contributed by atoms with Gasteiger partial charge in [0.2, 0.25) is 0 Å². The summed E-state index contributed by atoms with van der Waals surface area (Å²) in [4.78, 5) is 34.5. The minimum atomic E-state index is -0.523. The smallest absolute Gasteiger partial charge is 0.344 e. The number of para-hydroxylation sites is 2. The van der Waals surface area contributed by atoms with E-state index in [1.165, 1.54) is 6.92 Å². The van der Waals surface area contributed by atoms with E-state index in [1.54, 1.807) is 22.8 Å². The summed E-state index contributed by atoms with van der Waals surface area (Å²) in [6.07, 6.45) is 1.84. The number of benzene rings is 2. The standard InChI is InChI=1S/C25H26N4O3/c1-4-16(5-2)14-32-25(31)21-22-24(28-20-12-7-6-11-19(20)27-22)29(23(21)26)18-10-8-9-17(13-18)15(3)30/h6-13,16H,4-5,14,26H2,1-3H3. The van der Waals surface area contributed by atoms with Crippen molar-refractivity contribution in [3.63, 3.8) is 0 Å². The molecule has 7 heteroatoms. The van der Waals surface area contributed by atoms with Crippen molar-refractivity contribution in [2.45, 2.75) is 33.6 Å². The number of ketones is 1. The molecule has 0 unspecified atom stereocenters. The Morgan fingerprint density at radius 3 is 2.38 bits per heavy atom. The largest absolute Gasteiger partial charge is 0.462 e. The molecule has 2 heterocycles. The fourth-order valence-corrected chi connectivity index (χ4v) is 3.78. The van der Waals surface area contributed by atoms with Crippen LogP contribution < -0.4 is 5.73 Å². The minimum Gasteiger partial charge on any atom is -0.462 e. The molecule has 2 aromatic heterocycles. The first-order valence-electron chi connectivity index (χ1n) is 10.8. The van der Waals surface area contributed by atoms with E-state index >= 15 is 0 Å². The lowest BCUT2D eigenvalue weighted by atomic mass is 10.1. The molecule has 0 saturated carbocycles. The Labute approximate surface area is 186 Å². The second-order valence-corrected chi connectivity index (χ2v) is 7.87. The molecule has 0 bridgehead atoms. The van der Waals surface area contributed by atoms with Crippen molar-refractivity contribution in [2.75, 3.05) is 12.3 Å². The predicted octanol–water partition coefficient (Wildman–Crippen LogP) is 4.95. The van der Waals surface area contributed by atoms with E-state index in [-0.39, 0.29) is 23.1 Å². The van der Waals surface area contributed by atoms with Crippen LogP contribution in [0.25, 0.3) is 27.9 Å². The average molecular weight is 431 g/mol. The second kappa shape index (κ2) is 8.78. The van der Waals surface area contributed by atoms with Gasteiger partial charge in [0.1, 0.15) is 16.9 Å². The first kappa shape index (κ1) is 21.5. The quantitative estimate of drug-likeness (QED) is 0.329. The van der Waals surface area contributed by atoms with Gasteiger partial charge < -0.3 is 10.5 Å². The summed E-state index contributed by atoms with van der Waals surface area (Å²) in [5.41, 5.74) is 10.0. The van der Waals surface area contributed by atoms with E-state index in [1.807, 2.05) is 30.3 Å². The molecule has 0 aliphatic heterocycles. The van der Waals surface area contributed by atoms with E-state index in [0.29, 0.717) is 40.1 Å². The van der Waals surface area contributed by atoms with Gasteiger partial charge in [-0.2, -0.15) is 0 Å². The van der Waals surface area contributed by atoms with Gasteiger partial charge in [-0.1, -0.05) is 51.0 Å². The summed E-state index contributed by atoms with van der Waals surface area (Å²) < 4.78 is 7.29. The molecule has 164 valence electrons. The van der Waals surface area contributed by atoms with E-state index < -0.39 is 5.97 Å². The average Bonchev–Trinajstić information content (AvgIpc) is 3.08. The first-order chi connectivity index (χ1) is 15.4. The zero-order valence-corrected chi connectivity index (χ0v) is 18.5. The number of Topliss-reactive ketones (excluding diaryl/α,β-unsaturated/α-hetero) is 1. The van der Waals surface area contributed by atoms with Crippen molar-refractivity contribution in [2.24, 2.45) is 5.92 Å². The number of nitrogens with zero attached hydrogens (tertiary/aromatic N) is 3. The van der Waals surface area contributed by atoms with Crippen LogP contribution >= 0.6 is 0 Å².